The average Bonchev–Trinajstić information content (AvgIpc) is 3.07. The van der Waals surface area contributed by atoms with Gasteiger partial charge in [-0.05, 0) is 25.1 Å². The molecular weight excluding hydrogens is 519 g/mol. The summed E-state index contributed by atoms with van der Waals surface area (Å²) in [6.45, 7) is -0.940. The fourth-order valence-corrected chi connectivity index (χ4v) is 4.78. The number of aromatic nitrogens is 1. The van der Waals surface area contributed by atoms with E-state index >= 15 is 0 Å². The van der Waals surface area contributed by atoms with Gasteiger partial charge in [0.1, 0.15) is 17.9 Å². The largest absolute Gasteiger partial charge is 0.428 e. The zero-order valence-electron chi connectivity index (χ0n) is 19.5. The van der Waals surface area contributed by atoms with E-state index in [0.29, 0.717) is 17.7 Å². The van der Waals surface area contributed by atoms with E-state index in [1.807, 2.05) is 0 Å². The molecule has 2 unspecified atom stereocenters. The van der Waals surface area contributed by atoms with Crippen LogP contribution in [0.4, 0.5) is 30.7 Å². The number of hydrogen-bond donors (Lipinski definition) is 2. The summed E-state index contributed by atoms with van der Waals surface area (Å²) in [4.78, 5) is 28.3. The molecule has 1 aliphatic heterocycles. The molecule has 1 saturated heterocycles. The van der Waals surface area contributed by atoms with Gasteiger partial charge in [-0.15, -0.1) is 0 Å². The molecule has 0 saturated carbocycles. The number of primary amides is 1. The van der Waals surface area contributed by atoms with Gasteiger partial charge in [-0.25, -0.2) is 13.8 Å². The molecule has 37 heavy (non-hydrogen) atoms. The minimum absolute atomic E-state index is 0.313. The molecular formula is C22H22F7N3O5. The van der Waals surface area contributed by atoms with E-state index < -0.39 is 77.0 Å². The second-order valence-corrected chi connectivity index (χ2v) is 9.06. The highest BCUT2D eigenvalue weighted by molar-refractivity contribution is 5.91. The van der Waals surface area contributed by atoms with Crippen LogP contribution in [0.15, 0.2) is 47.1 Å². The summed E-state index contributed by atoms with van der Waals surface area (Å²) < 4.78 is 107. The number of pyridine rings is 1. The van der Waals surface area contributed by atoms with E-state index in [1.165, 1.54) is 0 Å². The Balaban J connectivity index is 2.18. The maximum Gasteiger partial charge on any atom is 0.417 e. The van der Waals surface area contributed by atoms with E-state index in [4.69, 9.17) is 10.5 Å². The summed E-state index contributed by atoms with van der Waals surface area (Å²) in [7, 11) is 0. The van der Waals surface area contributed by atoms with Crippen LogP contribution >= 0.6 is 0 Å². The van der Waals surface area contributed by atoms with Crippen molar-refractivity contribution in [2.45, 2.75) is 51.4 Å². The second kappa shape index (κ2) is 9.59. The van der Waals surface area contributed by atoms with Gasteiger partial charge in [0.2, 0.25) is 0 Å². The van der Waals surface area contributed by atoms with Crippen LogP contribution < -0.4 is 11.1 Å². The molecule has 8 nitrogen and oxygen atoms in total. The summed E-state index contributed by atoms with van der Waals surface area (Å²) in [5, 5.41) is 9.31. The van der Waals surface area contributed by atoms with Gasteiger partial charge in [-0.1, -0.05) is 19.9 Å². The summed E-state index contributed by atoms with van der Waals surface area (Å²) in [6, 6.07) is 1.88. The monoisotopic (exact) mass is 541 g/mol. The van der Waals surface area contributed by atoms with Crippen molar-refractivity contribution in [3.8, 4) is 0 Å². The molecule has 6 atom stereocenters. The van der Waals surface area contributed by atoms with E-state index in [2.05, 4.69) is 9.73 Å². The molecule has 1 aromatic rings. The van der Waals surface area contributed by atoms with Gasteiger partial charge in [-0.3, -0.25) is 9.59 Å². The highest BCUT2D eigenvalue weighted by Gasteiger charge is 2.69. The van der Waals surface area contributed by atoms with E-state index in [1.54, 1.807) is 0 Å². The minimum Gasteiger partial charge on any atom is -0.428 e. The molecule has 204 valence electrons. The zero-order valence-corrected chi connectivity index (χ0v) is 19.5. The van der Waals surface area contributed by atoms with Crippen molar-refractivity contribution in [2.24, 2.45) is 28.0 Å². The zero-order chi connectivity index (χ0) is 28.1. The van der Waals surface area contributed by atoms with Gasteiger partial charge in [0.05, 0.1) is 5.36 Å². The van der Waals surface area contributed by atoms with Crippen molar-refractivity contribution in [3.63, 3.8) is 0 Å². The Labute approximate surface area is 204 Å². The SMILES string of the molecule is C[C@@H]1[C@H](C2(C)C=CC(F)=C(F)C2OC(F)F)[C@@H](C(=O)N=c2ccn(O)c(C(N)=O)c2)O[C@@]1(C)C(F)(F)F. The number of rotatable bonds is 5. The molecule has 1 fully saturated rings. The van der Waals surface area contributed by atoms with Crippen molar-refractivity contribution < 1.29 is 55.0 Å². The number of ether oxygens (including phenoxy) is 2. The number of carbonyl (C=O) groups excluding carboxylic acids is 2. The van der Waals surface area contributed by atoms with Crippen LogP contribution in [0.2, 0.25) is 0 Å². The average molecular weight is 541 g/mol. The molecule has 3 N–H and O–H groups in total. The predicted molar refractivity (Wildman–Crippen MR) is 110 cm³/mol. The Morgan fingerprint density at radius 1 is 1.27 bits per heavy atom. The Morgan fingerprint density at radius 2 is 1.89 bits per heavy atom. The number of nitrogens with two attached hydrogens (primary N) is 1. The third-order valence-electron chi connectivity index (χ3n) is 6.89. The molecule has 2 heterocycles. The smallest absolute Gasteiger partial charge is 0.417 e. The summed E-state index contributed by atoms with van der Waals surface area (Å²) in [5.74, 6) is -9.23. The number of carbonyl (C=O) groups is 2. The lowest BCUT2D eigenvalue weighted by Gasteiger charge is -2.44. The first kappa shape index (κ1) is 28.4. The Bertz CT molecular complexity index is 1230. The molecule has 2 aliphatic rings. The topological polar surface area (TPSA) is 116 Å². The van der Waals surface area contributed by atoms with E-state index in [9.17, 15) is 45.5 Å². The predicted octanol–water partition coefficient (Wildman–Crippen LogP) is 3.56. The van der Waals surface area contributed by atoms with Crippen LogP contribution in [-0.4, -0.2) is 52.3 Å². The van der Waals surface area contributed by atoms with Crippen molar-refractivity contribution in [1.82, 2.24) is 4.73 Å². The first-order valence-electron chi connectivity index (χ1n) is 10.7. The summed E-state index contributed by atoms with van der Waals surface area (Å²) in [5.41, 5.74) is -0.591. The molecule has 0 spiro atoms. The minimum atomic E-state index is -5.08. The first-order chi connectivity index (χ1) is 16.9. The number of amides is 2. The lowest BCUT2D eigenvalue weighted by atomic mass is 9.62. The Kier molecular flexibility index (Phi) is 7.36. The fourth-order valence-electron chi connectivity index (χ4n) is 4.78. The van der Waals surface area contributed by atoms with Crippen molar-refractivity contribution >= 4 is 11.8 Å². The van der Waals surface area contributed by atoms with E-state index in [-0.39, 0.29) is 5.36 Å². The highest BCUT2D eigenvalue weighted by atomic mass is 19.4. The molecule has 0 bridgehead atoms. The fraction of sp³-hybridized carbons (Fsp3) is 0.500. The molecule has 0 radical (unpaired) electrons. The van der Waals surface area contributed by atoms with Gasteiger partial charge in [0, 0.05) is 23.4 Å². The quantitative estimate of drug-likeness (QED) is 0.437. The number of halogens is 7. The standard InChI is InChI=1S/C22H22F7N3O5/c1-9-13(20(2)6-4-11(23)14(24)16(20)36-19(25)26)15(37-21(9,3)22(27,28)29)18(34)31-10-5-7-32(35)12(8-10)17(30)33/h4-9,13,15-16,19,35H,1-3H3,(H2,30,33)/t9-,13+,15+,16?,20?,21-/m1/s1. The van der Waals surface area contributed by atoms with Crippen LogP contribution in [0.3, 0.4) is 0 Å². The van der Waals surface area contributed by atoms with Gasteiger partial charge < -0.3 is 20.4 Å². The molecule has 15 heteroatoms. The van der Waals surface area contributed by atoms with Crippen LogP contribution in [0.5, 0.6) is 0 Å². The summed E-state index contributed by atoms with van der Waals surface area (Å²) >= 11 is 0. The van der Waals surface area contributed by atoms with Crippen LogP contribution in [-0.2, 0) is 14.3 Å². The summed E-state index contributed by atoms with van der Waals surface area (Å²) in [6.07, 6.45) is -7.30. The van der Waals surface area contributed by atoms with Crippen molar-refractivity contribution in [3.05, 3.63) is 53.2 Å². The van der Waals surface area contributed by atoms with Crippen LogP contribution in [0.1, 0.15) is 31.3 Å². The molecule has 3 rings (SSSR count). The van der Waals surface area contributed by atoms with Crippen LogP contribution in [0, 0.1) is 17.3 Å². The first-order valence-corrected chi connectivity index (χ1v) is 10.7. The maximum atomic E-state index is 14.7. The number of alkyl halides is 5. The third kappa shape index (κ3) is 4.89. The highest BCUT2D eigenvalue weighted by Crippen LogP contribution is 2.58. The maximum absolute atomic E-state index is 14.7. The second-order valence-electron chi connectivity index (χ2n) is 9.06. The molecule has 1 aromatic heterocycles. The van der Waals surface area contributed by atoms with Gasteiger partial charge >= 0.3 is 12.8 Å². The Morgan fingerprint density at radius 3 is 2.43 bits per heavy atom. The van der Waals surface area contributed by atoms with Crippen LogP contribution in [0.25, 0.3) is 0 Å². The molecule has 1 aliphatic carbocycles. The van der Waals surface area contributed by atoms with E-state index in [0.717, 1.165) is 38.3 Å². The number of nitrogens with zero attached hydrogens (tertiary/aromatic N) is 2. The normalized spacial score (nSPS) is 32.9. The lowest BCUT2D eigenvalue weighted by Crippen LogP contribution is -2.51. The lowest BCUT2D eigenvalue weighted by molar-refractivity contribution is -0.272. The Hall–Kier alpha value is -3.20. The van der Waals surface area contributed by atoms with Gasteiger partial charge in [0.15, 0.2) is 17.3 Å². The van der Waals surface area contributed by atoms with Crippen molar-refractivity contribution in [2.75, 3.05) is 0 Å². The van der Waals surface area contributed by atoms with Gasteiger partial charge in [0.25, 0.3) is 11.8 Å². The van der Waals surface area contributed by atoms with Gasteiger partial charge in [-0.2, -0.15) is 26.7 Å². The number of hydrogen-bond acceptors (Lipinski definition) is 5. The third-order valence-corrected chi connectivity index (χ3v) is 6.89. The molecule has 0 aromatic carbocycles. The van der Waals surface area contributed by atoms with Crippen molar-refractivity contribution in [1.29, 1.82) is 0 Å². The number of allylic oxidation sites excluding steroid dienone is 2. The molecule has 2 amide bonds.